The van der Waals surface area contributed by atoms with Crippen molar-refractivity contribution in [3.63, 3.8) is 0 Å². The molecule has 0 aliphatic heterocycles. The summed E-state index contributed by atoms with van der Waals surface area (Å²) in [4.78, 5) is 25.0. The van der Waals surface area contributed by atoms with Crippen molar-refractivity contribution >= 4 is 11.9 Å². The summed E-state index contributed by atoms with van der Waals surface area (Å²) in [6.45, 7) is 4.21. The first kappa shape index (κ1) is 17.5. The molecule has 3 N–H and O–H groups in total. The van der Waals surface area contributed by atoms with E-state index in [0.29, 0.717) is 12.6 Å². The highest BCUT2D eigenvalue weighted by Crippen LogP contribution is 2.27. The van der Waals surface area contributed by atoms with Crippen molar-refractivity contribution in [2.24, 2.45) is 0 Å². The quantitative estimate of drug-likeness (QED) is 0.764. The van der Waals surface area contributed by atoms with Crippen LogP contribution < -0.4 is 15.5 Å². The van der Waals surface area contributed by atoms with Crippen LogP contribution in [0.2, 0.25) is 0 Å². The van der Waals surface area contributed by atoms with Gasteiger partial charge in [0.25, 0.3) is 5.91 Å². The number of hydrogen-bond donors (Lipinski definition) is 3. The van der Waals surface area contributed by atoms with Crippen LogP contribution in [0.25, 0.3) is 0 Å². The molecule has 5 nitrogen and oxygen atoms in total. The lowest BCUT2D eigenvalue weighted by Crippen LogP contribution is -3.10. The number of quaternary nitrogens is 1. The molecule has 0 saturated heterocycles. The average molecular weight is 318 g/mol. The van der Waals surface area contributed by atoms with Crippen LogP contribution >= 0.6 is 0 Å². The van der Waals surface area contributed by atoms with Gasteiger partial charge in [-0.2, -0.15) is 0 Å². The summed E-state index contributed by atoms with van der Waals surface area (Å²) in [5.74, 6) is -0.230. The van der Waals surface area contributed by atoms with E-state index >= 15 is 0 Å². The number of likely N-dealkylation sites (N-methyl/N-ethyl adjacent to an activating group) is 1. The van der Waals surface area contributed by atoms with E-state index in [9.17, 15) is 9.59 Å². The monoisotopic (exact) mass is 318 g/mol. The maximum absolute atomic E-state index is 12.1. The lowest BCUT2D eigenvalue weighted by molar-refractivity contribution is -0.905. The van der Waals surface area contributed by atoms with Crippen LogP contribution in [0.5, 0.6) is 0 Å². The predicted octanol–water partition coefficient (Wildman–Crippen LogP) is 1.20. The Hall–Kier alpha value is -1.88. The van der Waals surface area contributed by atoms with Gasteiger partial charge in [0.1, 0.15) is 6.04 Å². The van der Waals surface area contributed by atoms with E-state index in [4.69, 9.17) is 0 Å². The molecular formula is C18H28N3O2+. The molecule has 1 aliphatic carbocycles. The highest BCUT2D eigenvalue weighted by atomic mass is 16.2. The Labute approximate surface area is 138 Å². The van der Waals surface area contributed by atoms with Crippen molar-refractivity contribution < 1.29 is 14.5 Å². The molecule has 3 atom stereocenters. The zero-order valence-corrected chi connectivity index (χ0v) is 14.3. The van der Waals surface area contributed by atoms with E-state index < -0.39 is 6.03 Å². The number of amides is 3. The Kier molecular flexibility index (Phi) is 6.16. The summed E-state index contributed by atoms with van der Waals surface area (Å²) >= 11 is 0. The SMILES string of the molecule is CC[C@H](C)NC(=O)NC(=O)C[NH+](C)[C@@H]1CCCc2ccccc21. The molecule has 1 aromatic carbocycles. The van der Waals surface area contributed by atoms with E-state index in [1.807, 2.05) is 20.9 Å². The third-order valence-electron chi connectivity index (χ3n) is 4.65. The van der Waals surface area contributed by atoms with Crippen molar-refractivity contribution in [1.29, 1.82) is 0 Å². The molecule has 0 aromatic heterocycles. The Morgan fingerprint density at radius 3 is 2.83 bits per heavy atom. The molecule has 0 bridgehead atoms. The molecule has 3 amide bonds. The van der Waals surface area contributed by atoms with Crippen LogP contribution in [0.3, 0.4) is 0 Å². The van der Waals surface area contributed by atoms with Gasteiger partial charge >= 0.3 is 6.03 Å². The number of benzene rings is 1. The fourth-order valence-electron chi connectivity index (χ4n) is 3.18. The van der Waals surface area contributed by atoms with Crippen LogP contribution in [0.15, 0.2) is 24.3 Å². The molecule has 0 spiro atoms. The molecular weight excluding hydrogens is 290 g/mol. The van der Waals surface area contributed by atoms with Crippen molar-refractivity contribution in [1.82, 2.24) is 10.6 Å². The summed E-state index contributed by atoms with van der Waals surface area (Å²) in [6.07, 6.45) is 4.18. The molecule has 1 aliphatic rings. The highest BCUT2D eigenvalue weighted by Gasteiger charge is 2.28. The average Bonchev–Trinajstić information content (AvgIpc) is 2.53. The van der Waals surface area contributed by atoms with Gasteiger partial charge < -0.3 is 10.2 Å². The standard InChI is InChI=1S/C18H27N3O2/c1-4-13(2)19-18(23)20-17(22)12-21(3)16-11-7-9-14-8-5-6-10-15(14)16/h5-6,8,10,13,16H,4,7,9,11-12H2,1-3H3,(H2,19,20,22,23)/p+1/t13-,16+/m0/s1. The lowest BCUT2D eigenvalue weighted by Gasteiger charge is -2.30. The molecule has 1 aromatic rings. The topological polar surface area (TPSA) is 62.6 Å². The summed E-state index contributed by atoms with van der Waals surface area (Å²) in [6, 6.07) is 8.46. The van der Waals surface area contributed by atoms with Gasteiger partial charge in [-0.25, -0.2) is 4.79 Å². The van der Waals surface area contributed by atoms with Gasteiger partial charge in [0.2, 0.25) is 0 Å². The molecule has 5 heteroatoms. The number of fused-ring (bicyclic) bond motifs is 1. The molecule has 1 unspecified atom stereocenters. The van der Waals surface area contributed by atoms with Gasteiger partial charge in [0.05, 0.1) is 7.05 Å². The number of aryl methyl sites for hydroxylation is 1. The van der Waals surface area contributed by atoms with Crippen LogP contribution in [0, 0.1) is 0 Å². The smallest absolute Gasteiger partial charge is 0.321 e. The molecule has 0 radical (unpaired) electrons. The maximum atomic E-state index is 12.1. The Bertz CT molecular complexity index is 559. The number of hydrogen-bond acceptors (Lipinski definition) is 2. The van der Waals surface area contributed by atoms with Gasteiger partial charge in [-0.1, -0.05) is 31.2 Å². The minimum Gasteiger partial charge on any atom is -0.335 e. The van der Waals surface area contributed by atoms with Gasteiger partial charge in [0.15, 0.2) is 6.54 Å². The van der Waals surface area contributed by atoms with Crippen molar-refractivity contribution in [2.45, 2.75) is 51.6 Å². The molecule has 23 heavy (non-hydrogen) atoms. The summed E-state index contributed by atoms with van der Waals surface area (Å²) in [5.41, 5.74) is 2.73. The second-order valence-corrected chi connectivity index (χ2v) is 6.50. The normalized spacial score (nSPS) is 19.3. The first-order valence-electron chi connectivity index (χ1n) is 8.51. The van der Waals surface area contributed by atoms with Crippen LogP contribution in [0.1, 0.15) is 50.3 Å². The first-order valence-corrected chi connectivity index (χ1v) is 8.51. The Morgan fingerprint density at radius 1 is 1.35 bits per heavy atom. The highest BCUT2D eigenvalue weighted by molar-refractivity contribution is 5.94. The van der Waals surface area contributed by atoms with E-state index in [0.717, 1.165) is 30.6 Å². The maximum Gasteiger partial charge on any atom is 0.321 e. The van der Waals surface area contributed by atoms with Crippen LogP contribution in [-0.2, 0) is 11.2 Å². The molecule has 126 valence electrons. The summed E-state index contributed by atoms with van der Waals surface area (Å²) in [7, 11) is 2.03. The van der Waals surface area contributed by atoms with E-state index in [1.54, 1.807) is 0 Å². The summed E-state index contributed by atoms with van der Waals surface area (Å²) < 4.78 is 0. The van der Waals surface area contributed by atoms with Crippen molar-refractivity contribution in [3.05, 3.63) is 35.4 Å². The number of rotatable bonds is 5. The van der Waals surface area contributed by atoms with Crippen molar-refractivity contribution in [2.75, 3.05) is 13.6 Å². The number of urea groups is 1. The fraction of sp³-hybridized carbons (Fsp3) is 0.556. The molecule has 2 rings (SSSR count). The number of nitrogens with one attached hydrogen (secondary N) is 3. The minimum absolute atomic E-state index is 0.0677. The number of carbonyl (C=O) groups is 2. The van der Waals surface area contributed by atoms with E-state index in [1.165, 1.54) is 11.1 Å². The third-order valence-corrected chi connectivity index (χ3v) is 4.65. The molecule has 0 fully saturated rings. The zero-order valence-electron chi connectivity index (χ0n) is 14.3. The Balaban J connectivity index is 1.91. The second kappa shape index (κ2) is 8.11. The largest absolute Gasteiger partial charge is 0.335 e. The Morgan fingerprint density at radius 2 is 2.09 bits per heavy atom. The lowest BCUT2D eigenvalue weighted by atomic mass is 9.87. The predicted molar refractivity (Wildman–Crippen MR) is 90.3 cm³/mol. The fourth-order valence-corrected chi connectivity index (χ4v) is 3.18. The van der Waals surface area contributed by atoms with Gasteiger partial charge in [-0.3, -0.25) is 10.1 Å². The molecule has 0 saturated carbocycles. The van der Waals surface area contributed by atoms with Crippen LogP contribution in [0.4, 0.5) is 4.79 Å². The number of imide groups is 1. The van der Waals surface area contributed by atoms with Gasteiger partial charge in [-0.15, -0.1) is 0 Å². The summed E-state index contributed by atoms with van der Waals surface area (Å²) in [5, 5.41) is 5.18. The number of carbonyl (C=O) groups excluding carboxylic acids is 2. The van der Waals surface area contributed by atoms with E-state index in [2.05, 4.69) is 34.9 Å². The third kappa shape index (κ3) is 4.79. The second-order valence-electron chi connectivity index (χ2n) is 6.50. The first-order chi connectivity index (χ1) is 11.0. The minimum atomic E-state index is -0.402. The van der Waals surface area contributed by atoms with Gasteiger partial charge in [-0.05, 0) is 31.7 Å². The molecule has 0 heterocycles. The van der Waals surface area contributed by atoms with E-state index in [-0.39, 0.29) is 11.9 Å². The van der Waals surface area contributed by atoms with Gasteiger partial charge in [0, 0.05) is 18.0 Å². The zero-order chi connectivity index (χ0) is 16.8. The van der Waals surface area contributed by atoms with Crippen molar-refractivity contribution in [3.8, 4) is 0 Å². The van der Waals surface area contributed by atoms with Crippen LogP contribution in [-0.4, -0.2) is 31.6 Å².